The van der Waals surface area contributed by atoms with Gasteiger partial charge in [-0.3, -0.25) is 19.0 Å². The van der Waals surface area contributed by atoms with Gasteiger partial charge in [0, 0.05) is 57.6 Å². The Bertz CT molecular complexity index is 1390. The first kappa shape index (κ1) is 24.7. The zero-order valence-corrected chi connectivity index (χ0v) is 20.5. The summed E-state index contributed by atoms with van der Waals surface area (Å²) in [6.45, 7) is 4.13. The van der Waals surface area contributed by atoms with Gasteiger partial charge in [-0.25, -0.2) is 4.39 Å². The molecule has 35 heavy (non-hydrogen) atoms. The van der Waals surface area contributed by atoms with E-state index in [9.17, 15) is 18.8 Å². The smallest absolute Gasteiger partial charge is 0.262 e. The van der Waals surface area contributed by atoms with Crippen LogP contribution < -0.4 is 10.5 Å². The van der Waals surface area contributed by atoms with Crippen LogP contribution in [0.25, 0.3) is 10.9 Å². The summed E-state index contributed by atoms with van der Waals surface area (Å²) in [6.07, 6.45) is 0.659. The quantitative estimate of drug-likeness (QED) is 0.305. The maximum Gasteiger partial charge on any atom is 0.262 e. The molecule has 1 fully saturated rings. The number of methoxy groups -OCH3 is 1. The van der Waals surface area contributed by atoms with Crippen LogP contribution in [-0.4, -0.2) is 66.0 Å². The highest BCUT2D eigenvalue weighted by atomic mass is 32.1. The molecule has 1 aliphatic heterocycles. The van der Waals surface area contributed by atoms with Crippen LogP contribution >= 0.6 is 12.2 Å². The van der Waals surface area contributed by atoms with E-state index in [4.69, 9.17) is 17.0 Å². The number of Topliss-reactive ketones (excluding diaryl/α,β-unsaturated/α-hetero) is 1. The molecule has 1 amide bonds. The van der Waals surface area contributed by atoms with Gasteiger partial charge >= 0.3 is 0 Å². The number of benzene rings is 2. The van der Waals surface area contributed by atoms with Crippen molar-refractivity contribution in [2.45, 2.75) is 19.9 Å². The molecule has 3 aromatic rings. The minimum Gasteiger partial charge on any atom is -0.385 e. The normalized spacial score (nSPS) is 13.9. The van der Waals surface area contributed by atoms with Gasteiger partial charge < -0.3 is 19.5 Å². The van der Waals surface area contributed by atoms with Crippen molar-refractivity contribution >= 4 is 40.5 Å². The number of piperazine rings is 1. The van der Waals surface area contributed by atoms with Crippen LogP contribution in [0.1, 0.15) is 34.1 Å². The van der Waals surface area contributed by atoms with Gasteiger partial charge in [0.25, 0.3) is 11.5 Å². The van der Waals surface area contributed by atoms with Gasteiger partial charge in [0.15, 0.2) is 10.6 Å². The van der Waals surface area contributed by atoms with Gasteiger partial charge in [0.05, 0.1) is 16.6 Å². The van der Waals surface area contributed by atoms with Crippen LogP contribution in [0.15, 0.2) is 41.2 Å². The molecule has 1 saturated heterocycles. The number of aromatic amines is 1. The predicted octanol–water partition coefficient (Wildman–Crippen LogP) is 3.40. The largest absolute Gasteiger partial charge is 0.385 e. The molecule has 1 aromatic heterocycles. The lowest BCUT2D eigenvalue weighted by atomic mass is 10.1. The molecule has 1 N–H and O–H groups in total. The zero-order valence-electron chi connectivity index (χ0n) is 19.7. The topological polar surface area (TPSA) is 87.6 Å². The third-order valence-electron chi connectivity index (χ3n) is 6.22. The number of halogens is 1. The van der Waals surface area contributed by atoms with Crippen molar-refractivity contribution in [1.29, 1.82) is 0 Å². The summed E-state index contributed by atoms with van der Waals surface area (Å²) >= 11 is 5.36. The van der Waals surface area contributed by atoms with Gasteiger partial charge in [-0.2, -0.15) is 0 Å². The molecule has 1 aliphatic rings. The van der Waals surface area contributed by atoms with Crippen LogP contribution in [-0.2, 0) is 11.3 Å². The zero-order chi connectivity index (χ0) is 25.1. The Labute approximate surface area is 206 Å². The second-order valence-electron chi connectivity index (χ2n) is 8.50. The van der Waals surface area contributed by atoms with E-state index in [2.05, 4.69) is 4.98 Å². The summed E-state index contributed by atoms with van der Waals surface area (Å²) < 4.78 is 21.4. The first-order valence-corrected chi connectivity index (χ1v) is 11.8. The highest BCUT2D eigenvalue weighted by molar-refractivity contribution is 7.71. The molecule has 0 atom stereocenters. The fraction of sp³-hybridized carbons (Fsp3) is 0.360. The molecule has 8 nitrogen and oxygen atoms in total. The maximum atomic E-state index is 14.5. The lowest BCUT2D eigenvalue weighted by Crippen LogP contribution is -2.49. The molecular formula is C25H27FN4O4S. The molecule has 4 rings (SSSR count). The second-order valence-corrected chi connectivity index (χ2v) is 8.88. The highest BCUT2D eigenvalue weighted by Crippen LogP contribution is 2.23. The first-order chi connectivity index (χ1) is 16.8. The number of carbonyl (C=O) groups is 2. The number of hydrogen-bond acceptors (Lipinski definition) is 6. The molecule has 2 aromatic carbocycles. The molecular weight excluding hydrogens is 471 g/mol. The lowest BCUT2D eigenvalue weighted by Gasteiger charge is -2.36. The van der Waals surface area contributed by atoms with Crippen molar-refractivity contribution in [2.75, 3.05) is 44.8 Å². The maximum absolute atomic E-state index is 14.5. The molecule has 0 unspecified atom stereocenters. The summed E-state index contributed by atoms with van der Waals surface area (Å²) in [6, 6.07) is 9.42. The summed E-state index contributed by atoms with van der Waals surface area (Å²) in [7, 11) is 1.60. The van der Waals surface area contributed by atoms with E-state index in [1.54, 1.807) is 42.3 Å². The van der Waals surface area contributed by atoms with E-state index >= 15 is 0 Å². The van der Waals surface area contributed by atoms with E-state index in [0.29, 0.717) is 78.2 Å². The van der Waals surface area contributed by atoms with Crippen LogP contribution in [0, 0.1) is 10.6 Å². The van der Waals surface area contributed by atoms with Gasteiger partial charge in [-0.05, 0) is 62.0 Å². The van der Waals surface area contributed by atoms with Crippen LogP contribution in [0.2, 0.25) is 0 Å². The molecule has 0 radical (unpaired) electrons. The number of ketones is 1. The van der Waals surface area contributed by atoms with Crippen molar-refractivity contribution in [3.63, 3.8) is 0 Å². The fourth-order valence-electron chi connectivity index (χ4n) is 4.27. The highest BCUT2D eigenvalue weighted by Gasteiger charge is 2.24. The molecule has 10 heteroatoms. The van der Waals surface area contributed by atoms with Crippen molar-refractivity contribution in [3.8, 4) is 0 Å². The van der Waals surface area contributed by atoms with Crippen LogP contribution in [0.3, 0.4) is 0 Å². The summed E-state index contributed by atoms with van der Waals surface area (Å²) in [5.74, 6) is -0.802. The predicted molar refractivity (Wildman–Crippen MR) is 134 cm³/mol. The average molecular weight is 499 g/mol. The number of nitrogens with one attached hydrogen (secondary N) is 1. The van der Waals surface area contributed by atoms with Crippen molar-refractivity contribution < 1.29 is 18.7 Å². The van der Waals surface area contributed by atoms with Gasteiger partial charge in [0.1, 0.15) is 5.82 Å². The third kappa shape index (κ3) is 5.18. The monoisotopic (exact) mass is 498 g/mol. The standard InChI is InChI=1S/C25H27FN4O4S/c1-16(31)17-5-7-22(20(26)14-17)28-9-11-29(12-10-28)23(32)18-4-6-19-21(15-18)27-25(35)30(24(19)33)8-3-13-34-2/h4-7,14-15H,3,8-13H2,1-2H3,(H,27,35). The SMILES string of the molecule is COCCCn1c(=S)[nH]c2cc(C(=O)N3CCN(c4ccc(C(C)=O)cc4F)CC3)ccc2c1=O. The van der Waals surface area contributed by atoms with Gasteiger partial charge in [-0.15, -0.1) is 0 Å². The first-order valence-electron chi connectivity index (χ1n) is 11.4. The number of rotatable bonds is 7. The van der Waals surface area contributed by atoms with E-state index in [1.807, 2.05) is 4.90 Å². The van der Waals surface area contributed by atoms with E-state index in [0.717, 1.165) is 0 Å². The molecule has 0 spiro atoms. The summed E-state index contributed by atoms with van der Waals surface area (Å²) in [5, 5.41) is 0.460. The Hall–Kier alpha value is -3.37. The molecule has 0 aliphatic carbocycles. The Morgan fingerprint density at radius 3 is 2.46 bits per heavy atom. The van der Waals surface area contributed by atoms with Crippen molar-refractivity contribution in [2.24, 2.45) is 0 Å². The number of nitrogens with zero attached hydrogens (tertiary/aromatic N) is 3. The van der Waals surface area contributed by atoms with Crippen molar-refractivity contribution in [1.82, 2.24) is 14.5 Å². The summed E-state index contributed by atoms with van der Waals surface area (Å²) in [5.41, 5.74) is 1.51. The number of carbonyl (C=O) groups excluding carboxylic acids is 2. The lowest BCUT2D eigenvalue weighted by molar-refractivity contribution is 0.0746. The Morgan fingerprint density at radius 1 is 1.09 bits per heavy atom. The van der Waals surface area contributed by atoms with E-state index in [1.165, 1.54) is 17.6 Å². The number of anilines is 1. The minimum absolute atomic E-state index is 0.164. The number of hydrogen-bond donors (Lipinski definition) is 1. The Balaban J connectivity index is 1.48. The molecule has 184 valence electrons. The number of fused-ring (bicyclic) bond motifs is 1. The van der Waals surface area contributed by atoms with Gasteiger partial charge in [0.2, 0.25) is 0 Å². The summed E-state index contributed by atoms with van der Waals surface area (Å²) in [4.78, 5) is 44.1. The number of ether oxygens (including phenoxy) is 1. The van der Waals surface area contributed by atoms with Crippen molar-refractivity contribution in [3.05, 3.63) is 68.5 Å². The molecule has 0 bridgehead atoms. The van der Waals surface area contributed by atoms with E-state index in [-0.39, 0.29) is 17.2 Å². The van der Waals surface area contributed by atoms with Crippen LogP contribution in [0.5, 0.6) is 0 Å². The average Bonchev–Trinajstić information content (AvgIpc) is 2.85. The Kier molecular flexibility index (Phi) is 7.42. The molecule has 2 heterocycles. The minimum atomic E-state index is -0.449. The number of H-pyrrole nitrogens is 1. The Morgan fingerprint density at radius 2 is 1.80 bits per heavy atom. The number of aromatic nitrogens is 2. The van der Waals surface area contributed by atoms with Crippen LogP contribution in [0.4, 0.5) is 10.1 Å². The van der Waals surface area contributed by atoms with E-state index < -0.39 is 5.82 Å². The fourth-order valence-corrected chi connectivity index (χ4v) is 4.56. The number of amides is 1. The third-order valence-corrected chi connectivity index (χ3v) is 6.54. The van der Waals surface area contributed by atoms with Gasteiger partial charge in [-0.1, -0.05) is 0 Å². The second kappa shape index (κ2) is 10.5. The molecule has 0 saturated carbocycles.